The van der Waals surface area contributed by atoms with Gasteiger partial charge in [-0.05, 0) is 25.0 Å². The van der Waals surface area contributed by atoms with Gasteiger partial charge < -0.3 is 21.3 Å². The first kappa shape index (κ1) is 27.8. The Morgan fingerprint density at radius 1 is 0.667 bits per heavy atom. The van der Waals surface area contributed by atoms with Crippen molar-refractivity contribution in [2.75, 3.05) is 65.4 Å². The lowest BCUT2D eigenvalue weighted by Crippen LogP contribution is -2.47. The number of hydrogen-bond donors (Lipinski definition) is 4. The smallest absolute Gasteiger partial charge is 0.234 e. The van der Waals surface area contributed by atoms with Gasteiger partial charge in [0.05, 0.1) is 25.2 Å². The van der Waals surface area contributed by atoms with Crippen molar-refractivity contribution in [2.45, 2.75) is 25.9 Å². The van der Waals surface area contributed by atoms with Crippen molar-refractivity contribution in [3.63, 3.8) is 0 Å². The SMILES string of the molecule is C[C@H](NC(=O)CN1CCNCCN(CC(=O)N[C@@H](C)c2ccccc2)CCNCC1)c1ccccc1. The van der Waals surface area contributed by atoms with E-state index in [0.717, 1.165) is 63.5 Å². The Morgan fingerprint density at radius 3 is 1.33 bits per heavy atom. The molecule has 0 bridgehead atoms. The van der Waals surface area contributed by atoms with Gasteiger partial charge in [0.15, 0.2) is 0 Å². The molecule has 1 aliphatic rings. The molecule has 2 atom stereocenters. The molecule has 1 fully saturated rings. The molecule has 8 nitrogen and oxygen atoms in total. The van der Waals surface area contributed by atoms with Crippen LogP contribution in [0.5, 0.6) is 0 Å². The lowest BCUT2D eigenvalue weighted by molar-refractivity contribution is -0.123. The number of carbonyl (C=O) groups is 2. The number of hydrogen-bond acceptors (Lipinski definition) is 6. The zero-order valence-electron chi connectivity index (χ0n) is 21.7. The van der Waals surface area contributed by atoms with Gasteiger partial charge >= 0.3 is 0 Å². The first-order valence-electron chi connectivity index (χ1n) is 13.1. The fourth-order valence-corrected chi connectivity index (χ4v) is 4.37. The van der Waals surface area contributed by atoms with E-state index in [1.807, 2.05) is 74.5 Å². The Morgan fingerprint density at radius 2 is 1.00 bits per heavy atom. The second-order valence-electron chi connectivity index (χ2n) is 9.45. The summed E-state index contributed by atoms with van der Waals surface area (Å²) in [4.78, 5) is 29.7. The van der Waals surface area contributed by atoms with E-state index in [-0.39, 0.29) is 23.9 Å². The van der Waals surface area contributed by atoms with Crippen LogP contribution in [0, 0.1) is 0 Å². The number of amides is 2. The van der Waals surface area contributed by atoms with Crippen molar-refractivity contribution in [1.82, 2.24) is 31.1 Å². The molecule has 0 aromatic heterocycles. The largest absolute Gasteiger partial charge is 0.348 e. The third-order valence-electron chi connectivity index (χ3n) is 6.51. The van der Waals surface area contributed by atoms with E-state index in [2.05, 4.69) is 31.1 Å². The minimum Gasteiger partial charge on any atom is -0.348 e. The molecule has 0 aliphatic carbocycles. The zero-order chi connectivity index (χ0) is 25.6. The van der Waals surface area contributed by atoms with E-state index >= 15 is 0 Å². The summed E-state index contributed by atoms with van der Waals surface area (Å²) in [6, 6.07) is 20.0. The van der Waals surface area contributed by atoms with Gasteiger partial charge in [-0.2, -0.15) is 0 Å². The predicted octanol–water partition coefficient (Wildman–Crippen LogP) is 1.54. The lowest BCUT2D eigenvalue weighted by atomic mass is 10.1. The van der Waals surface area contributed by atoms with E-state index in [1.54, 1.807) is 0 Å². The van der Waals surface area contributed by atoms with Gasteiger partial charge in [-0.15, -0.1) is 0 Å². The summed E-state index contributed by atoms with van der Waals surface area (Å²) in [6.45, 7) is 11.2. The Balaban J connectivity index is 1.39. The van der Waals surface area contributed by atoms with Crippen LogP contribution in [0.4, 0.5) is 0 Å². The first-order chi connectivity index (χ1) is 17.5. The fraction of sp³-hybridized carbons (Fsp3) is 0.500. The lowest BCUT2D eigenvalue weighted by Gasteiger charge is -2.27. The van der Waals surface area contributed by atoms with Gasteiger partial charge in [0.1, 0.15) is 0 Å². The molecule has 1 aliphatic heterocycles. The average molecular weight is 495 g/mol. The molecule has 2 aromatic carbocycles. The van der Waals surface area contributed by atoms with Crippen LogP contribution >= 0.6 is 0 Å². The summed E-state index contributed by atoms with van der Waals surface area (Å²) in [6.07, 6.45) is 0. The second kappa shape index (κ2) is 15.4. The van der Waals surface area contributed by atoms with Crippen molar-refractivity contribution >= 4 is 11.8 Å². The van der Waals surface area contributed by atoms with E-state index in [0.29, 0.717) is 13.1 Å². The first-order valence-corrected chi connectivity index (χ1v) is 13.1. The molecule has 1 saturated heterocycles. The van der Waals surface area contributed by atoms with Gasteiger partial charge in [-0.1, -0.05) is 60.7 Å². The molecular weight excluding hydrogens is 452 g/mol. The fourth-order valence-electron chi connectivity index (χ4n) is 4.37. The molecule has 0 radical (unpaired) electrons. The third kappa shape index (κ3) is 10.1. The molecule has 0 unspecified atom stereocenters. The van der Waals surface area contributed by atoms with Crippen molar-refractivity contribution in [3.05, 3.63) is 71.8 Å². The highest BCUT2D eigenvalue weighted by atomic mass is 16.2. The summed E-state index contributed by atoms with van der Waals surface area (Å²) in [5.74, 6) is 0.0840. The van der Waals surface area contributed by atoms with Crippen LogP contribution < -0.4 is 21.3 Å². The summed E-state index contributed by atoms with van der Waals surface area (Å²) >= 11 is 0. The molecule has 8 heteroatoms. The minimum atomic E-state index is -0.0127. The monoisotopic (exact) mass is 494 g/mol. The standard InChI is InChI=1S/C28H42N6O2/c1-23(25-9-5-3-6-10-25)31-27(35)21-33-17-13-29-15-19-34(20-16-30-14-18-33)22-28(36)32-24(2)26-11-7-4-8-12-26/h3-12,23-24,29-30H,13-22H2,1-2H3,(H,31,35)(H,32,36)/t23-,24-/m0/s1. The summed E-state index contributed by atoms with van der Waals surface area (Å²) < 4.78 is 0. The van der Waals surface area contributed by atoms with E-state index in [1.165, 1.54) is 0 Å². The van der Waals surface area contributed by atoms with Crippen LogP contribution in [0.25, 0.3) is 0 Å². The Hall–Kier alpha value is -2.78. The highest BCUT2D eigenvalue weighted by Gasteiger charge is 2.16. The molecule has 4 N–H and O–H groups in total. The van der Waals surface area contributed by atoms with Crippen LogP contribution in [0.1, 0.15) is 37.1 Å². The van der Waals surface area contributed by atoms with Gasteiger partial charge in [-0.25, -0.2) is 0 Å². The highest BCUT2D eigenvalue weighted by Crippen LogP contribution is 2.11. The van der Waals surface area contributed by atoms with Gasteiger partial charge in [-0.3, -0.25) is 19.4 Å². The molecule has 0 spiro atoms. The maximum atomic E-state index is 12.6. The average Bonchev–Trinajstić information content (AvgIpc) is 2.87. The van der Waals surface area contributed by atoms with Crippen LogP contribution in [-0.4, -0.2) is 87.1 Å². The van der Waals surface area contributed by atoms with Crippen molar-refractivity contribution in [2.24, 2.45) is 0 Å². The highest BCUT2D eigenvalue weighted by molar-refractivity contribution is 5.79. The van der Waals surface area contributed by atoms with E-state index < -0.39 is 0 Å². The molecule has 3 rings (SSSR count). The Labute approximate surface area is 215 Å². The van der Waals surface area contributed by atoms with Crippen LogP contribution in [-0.2, 0) is 9.59 Å². The second-order valence-corrected chi connectivity index (χ2v) is 9.45. The van der Waals surface area contributed by atoms with Gasteiger partial charge in [0.25, 0.3) is 0 Å². The van der Waals surface area contributed by atoms with E-state index in [4.69, 9.17) is 0 Å². The Kier molecular flexibility index (Phi) is 11.9. The molecule has 1 heterocycles. The molecule has 196 valence electrons. The summed E-state index contributed by atoms with van der Waals surface area (Å²) in [7, 11) is 0. The van der Waals surface area contributed by atoms with Crippen LogP contribution in [0.2, 0.25) is 0 Å². The number of nitrogens with zero attached hydrogens (tertiary/aromatic N) is 2. The van der Waals surface area contributed by atoms with Crippen molar-refractivity contribution in [1.29, 1.82) is 0 Å². The predicted molar refractivity (Wildman–Crippen MR) is 145 cm³/mol. The third-order valence-corrected chi connectivity index (χ3v) is 6.51. The number of rotatable bonds is 8. The molecular formula is C28H42N6O2. The van der Waals surface area contributed by atoms with Gasteiger partial charge in [0, 0.05) is 52.4 Å². The Bertz CT molecular complexity index is 823. The summed E-state index contributed by atoms with van der Waals surface area (Å²) in [5, 5.41) is 13.2. The maximum Gasteiger partial charge on any atom is 0.234 e. The van der Waals surface area contributed by atoms with Crippen LogP contribution in [0.3, 0.4) is 0 Å². The molecule has 36 heavy (non-hydrogen) atoms. The van der Waals surface area contributed by atoms with Crippen LogP contribution in [0.15, 0.2) is 60.7 Å². The zero-order valence-corrected chi connectivity index (χ0v) is 21.7. The van der Waals surface area contributed by atoms with Crippen molar-refractivity contribution < 1.29 is 9.59 Å². The quantitative estimate of drug-likeness (QED) is 0.445. The van der Waals surface area contributed by atoms with Crippen molar-refractivity contribution in [3.8, 4) is 0 Å². The topological polar surface area (TPSA) is 88.7 Å². The summed E-state index contributed by atoms with van der Waals surface area (Å²) in [5.41, 5.74) is 2.21. The number of carbonyl (C=O) groups excluding carboxylic acids is 2. The molecule has 0 saturated carbocycles. The molecule has 2 amide bonds. The van der Waals surface area contributed by atoms with E-state index in [9.17, 15) is 9.59 Å². The van der Waals surface area contributed by atoms with Gasteiger partial charge in [0.2, 0.25) is 11.8 Å². The number of benzene rings is 2. The normalized spacial score (nSPS) is 18.3. The maximum absolute atomic E-state index is 12.6. The minimum absolute atomic E-state index is 0.0127. The molecule has 2 aromatic rings. The number of nitrogens with one attached hydrogen (secondary N) is 4.